The molecular weight excluding hydrogens is 340 g/mol. The van der Waals surface area contributed by atoms with Crippen LogP contribution in [0.2, 0.25) is 0 Å². The molecule has 5 rings (SSSR count). The highest BCUT2D eigenvalue weighted by atomic mass is 16.6. The summed E-state index contributed by atoms with van der Waals surface area (Å²) in [6.45, 7) is 6.12. The molecule has 1 saturated carbocycles. The molecule has 1 aromatic carbocycles. The second-order valence-corrected chi connectivity index (χ2v) is 8.76. The molecule has 1 saturated heterocycles. The molecule has 4 aliphatic rings. The van der Waals surface area contributed by atoms with Crippen LogP contribution in [0.4, 0.5) is 0 Å². The van der Waals surface area contributed by atoms with Gasteiger partial charge in [-0.3, -0.25) is 4.79 Å². The van der Waals surface area contributed by atoms with Crippen LogP contribution in [0.5, 0.6) is 11.5 Å². The van der Waals surface area contributed by atoms with E-state index in [1.807, 2.05) is 0 Å². The van der Waals surface area contributed by atoms with Crippen LogP contribution in [0.15, 0.2) is 12.1 Å². The third kappa shape index (κ3) is 2.82. The Bertz CT molecular complexity index is 735. The van der Waals surface area contributed by atoms with Gasteiger partial charge >= 0.3 is 0 Å². The fourth-order valence-electron chi connectivity index (χ4n) is 5.67. The highest BCUT2D eigenvalue weighted by Crippen LogP contribution is 2.52. The second-order valence-electron chi connectivity index (χ2n) is 8.76. The first kappa shape index (κ1) is 17.4. The van der Waals surface area contributed by atoms with Crippen molar-refractivity contribution in [2.45, 2.75) is 56.9 Å². The zero-order valence-electron chi connectivity index (χ0n) is 16.3. The fraction of sp³-hybridized carbons (Fsp3) is 0.682. The van der Waals surface area contributed by atoms with E-state index in [1.54, 1.807) is 0 Å². The first-order valence-corrected chi connectivity index (χ1v) is 10.6. The molecule has 0 radical (unpaired) electrons. The minimum absolute atomic E-state index is 0.0927. The minimum atomic E-state index is 0.0927. The zero-order valence-corrected chi connectivity index (χ0v) is 16.3. The SMILES string of the molecule is CC1c2cc3c(cc2C2(CCCC2)CN1C(=O)C1CCCNC1)OCCO3. The van der Waals surface area contributed by atoms with E-state index < -0.39 is 0 Å². The predicted octanol–water partition coefficient (Wildman–Crippen LogP) is 3.17. The van der Waals surface area contributed by atoms with Gasteiger partial charge in [0.15, 0.2) is 11.5 Å². The van der Waals surface area contributed by atoms with Crippen molar-refractivity contribution in [3.8, 4) is 11.5 Å². The van der Waals surface area contributed by atoms with Crippen LogP contribution in [-0.4, -0.2) is 43.7 Å². The molecule has 27 heavy (non-hydrogen) atoms. The zero-order chi connectivity index (χ0) is 18.4. The molecule has 2 unspecified atom stereocenters. The standard InChI is InChI=1S/C22H30N2O3/c1-15-17-11-19-20(27-10-9-26-19)12-18(17)22(6-2-3-7-22)14-24(15)21(25)16-5-4-8-23-13-16/h11-12,15-16,23H,2-10,13-14H2,1H3. The van der Waals surface area contributed by atoms with Crippen LogP contribution in [0.1, 0.15) is 62.6 Å². The largest absolute Gasteiger partial charge is 0.486 e. The molecule has 5 nitrogen and oxygen atoms in total. The van der Waals surface area contributed by atoms with Crippen molar-refractivity contribution >= 4 is 5.91 Å². The molecule has 1 aromatic rings. The number of carbonyl (C=O) groups excluding carboxylic acids is 1. The third-order valence-electron chi connectivity index (χ3n) is 7.17. The lowest BCUT2D eigenvalue weighted by atomic mass is 9.71. The Hall–Kier alpha value is -1.75. The summed E-state index contributed by atoms with van der Waals surface area (Å²) in [4.78, 5) is 15.6. The first-order chi connectivity index (χ1) is 13.2. The molecule has 1 spiro atoms. The summed E-state index contributed by atoms with van der Waals surface area (Å²) in [5.74, 6) is 2.18. The number of ether oxygens (including phenoxy) is 2. The van der Waals surface area contributed by atoms with Crippen molar-refractivity contribution in [3.63, 3.8) is 0 Å². The van der Waals surface area contributed by atoms with Crippen LogP contribution in [0.3, 0.4) is 0 Å². The van der Waals surface area contributed by atoms with Gasteiger partial charge in [-0.25, -0.2) is 0 Å². The molecule has 2 atom stereocenters. The van der Waals surface area contributed by atoms with E-state index >= 15 is 0 Å². The van der Waals surface area contributed by atoms with Crippen molar-refractivity contribution < 1.29 is 14.3 Å². The van der Waals surface area contributed by atoms with Gasteiger partial charge in [0.2, 0.25) is 5.91 Å². The maximum atomic E-state index is 13.4. The Kier molecular flexibility index (Phi) is 4.30. The lowest BCUT2D eigenvalue weighted by molar-refractivity contribution is -0.140. The van der Waals surface area contributed by atoms with Gasteiger partial charge in [0.1, 0.15) is 13.2 Å². The minimum Gasteiger partial charge on any atom is -0.486 e. The summed E-state index contributed by atoms with van der Waals surface area (Å²) in [7, 11) is 0. The number of nitrogens with zero attached hydrogens (tertiary/aromatic N) is 1. The fourth-order valence-corrected chi connectivity index (χ4v) is 5.67. The maximum absolute atomic E-state index is 13.4. The summed E-state index contributed by atoms with van der Waals surface area (Å²) >= 11 is 0. The Morgan fingerprint density at radius 3 is 2.59 bits per heavy atom. The average Bonchev–Trinajstić information content (AvgIpc) is 3.19. The van der Waals surface area contributed by atoms with Gasteiger partial charge in [-0.05, 0) is 62.4 Å². The molecule has 0 bridgehead atoms. The van der Waals surface area contributed by atoms with Crippen LogP contribution in [-0.2, 0) is 10.2 Å². The predicted molar refractivity (Wildman–Crippen MR) is 103 cm³/mol. The number of hydrogen-bond donors (Lipinski definition) is 1. The lowest BCUT2D eigenvalue weighted by Gasteiger charge is -2.47. The van der Waals surface area contributed by atoms with Crippen molar-refractivity contribution in [2.24, 2.45) is 5.92 Å². The number of nitrogens with one attached hydrogen (secondary N) is 1. The monoisotopic (exact) mass is 370 g/mol. The number of amides is 1. The summed E-state index contributed by atoms with van der Waals surface area (Å²) in [6, 6.07) is 4.49. The number of fused-ring (bicyclic) bond motifs is 3. The van der Waals surface area contributed by atoms with Crippen molar-refractivity contribution in [3.05, 3.63) is 23.3 Å². The van der Waals surface area contributed by atoms with Crippen LogP contribution >= 0.6 is 0 Å². The highest BCUT2D eigenvalue weighted by Gasteiger charge is 2.47. The van der Waals surface area contributed by atoms with Gasteiger partial charge in [0.25, 0.3) is 0 Å². The molecule has 3 aliphatic heterocycles. The van der Waals surface area contributed by atoms with Gasteiger partial charge in [-0.1, -0.05) is 12.8 Å². The molecular formula is C22H30N2O3. The Morgan fingerprint density at radius 1 is 1.15 bits per heavy atom. The summed E-state index contributed by atoms with van der Waals surface area (Å²) in [5, 5.41) is 3.41. The van der Waals surface area contributed by atoms with Crippen molar-refractivity contribution in [2.75, 3.05) is 32.8 Å². The van der Waals surface area contributed by atoms with E-state index in [0.717, 1.165) is 44.0 Å². The summed E-state index contributed by atoms with van der Waals surface area (Å²) in [5.41, 5.74) is 2.77. The molecule has 1 amide bonds. The van der Waals surface area contributed by atoms with Crippen LogP contribution in [0.25, 0.3) is 0 Å². The van der Waals surface area contributed by atoms with Gasteiger partial charge in [-0.2, -0.15) is 0 Å². The van der Waals surface area contributed by atoms with Crippen LogP contribution < -0.4 is 14.8 Å². The van der Waals surface area contributed by atoms with Gasteiger partial charge in [-0.15, -0.1) is 0 Å². The molecule has 0 aromatic heterocycles. The summed E-state index contributed by atoms with van der Waals surface area (Å²) in [6.07, 6.45) is 6.93. The third-order valence-corrected chi connectivity index (χ3v) is 7.17. The number of carbonyl (C=O) groups is 1. The molecule has 5 heteroatoms. The van der Waals surface area contributed by atoms with E-state index in [2.05, 4.69) is 29.3 Å². The Balaban J connectivity index is 1.55. The number of piperidine rings is 1. The van der Waals surface area contributed by atoms with Crippen LogP contribution in [0, 0.1) is 5.92 Å². The summed E-state index contributed by atoms with van der Waals surface area (Å²) < 4.78 is 11.7. The number of rotatable bonds is 1. The van der Waals surface area contributed by atoms with Gasteiger partial charge < -0.3 is 19.7 Å². The normalized spacial score (nSPS) is 28.9. The second kappa shape index (κ2) is 6.69. The molecule has 3 heterocycles. The van der Waals surface area contributed by atoms with Crippen molar-refractivity contribution in [1.82, 2.24) is 10.2 Å². The molecule has 1 N–H and O–H groups in total. The first-order valence-electron chi connectivity index (χ1n) is 10.6. The Morgan fingerprint density at radius 2 is 1.89 bits per heavy atom. The molecule has 146 valence electrons. The van der Waals surface area contributed by atoms with E-state index in [0.29, 0.717) is 19.1 Å². The number of benzene rings is 1. The lowest BCUT2D eigenvalue weighted by Crippen LogP contribution is -2.52. The van der Waals surface area contributed by atoms with Crippen molar-refractivity contribution in [1.29, 1.82) is 0 Å². The molecule has 1 aliphatic carbocycles. The van der Waals surface area contributed by atoms with E-state index in [1.165, 1.54) is 36.8 Å². The quantitative estimate of drug-likeness (QED) is 0.825. The smallest absolute Gasteiger partial charge is 0.227 e. The van der Waals surface area contributed by atoms with E-state index in [-0.39, 0.29) is 17.4 Å². The highest BCUT2D eigenvalue weighted by molar-refractivity contribution is 5.80. The van der Waals surface area contributed by atoms with E-state index in [9.17, 15) is 4.79 Å². The Labute approximate surface area is 161 Å². The molecule has 2 fully saturated rings. The maximum Gasteiger partial charge on any atom is 0.227 e. The topological polar surface area (TPSA) is 50.8 Å². The van der Waals surface area contributed by atoms with Gasteiger partial charge in [0.05, 0.1) is 12.0 Å². The van der Waals surface area contributed by atoms with Gasteiger partial charge in [0, 0.05) is 18.5 Å². The average molecular weight is 370 g/mol. The van der Waals surface area contributed by atoms with E-state index in [4.69, 9.17) is 9.47 Å². The number of hydrogen-bond acceptors (Lipinski definition) is 4.